The second kappa shape index (κ2) is 4.08. The summed E-state index contributed by atoms with van der Waals surface area (Å²) in [5.74, 6) is 0. The second-order valence-electron chi connectivity index (χ2n) is 4.02. The van der Waals surface area contributed by atoms with Crippen LogP contribution in [0.15, 0.2) is 0 Å². The van der Waals surface area contributed by atoms with Gasteiger partial charge in [-0.15, -0.1) is 11.6 Å². The molecule has 0 rings (SSSR count). The van der Waals surface area contributed by atoms with Crippen LogP contribution in [0.5, 0.6) is 0 Å². The standard InChI is InChI=1S/C6H15ClO3SSi/c1-12(2,3)5-4-6(7)11(8,9)10/h6H,4-5H2,1-3H3,(H,8,9,10). The van der Waals surface area contributed by atoms with Crippen LogP contribution in [0.1, 0.15) is 6.42 Å². The lowest BCUT2D eigenvalue weighted by molar-refractivity contribution is 0.477. The van der Waals surface area contributed by atoms with Crippen molar-refractivity contribution in [3.63, 3.8) is 0 Å². The molecular formula is C6H15ClO3SSi. The molecule has 0 aromatic carbocycles. The summed E-state index contributed by atoms with van der Waals surface area (Å²) in [6.45, 7) is 6.38. The van der Waals surface area contributed by atoms with E-state index in [0.29, 0.717) is 6.42 Å². The third-order valence-electron chi connectivity index (χ3n) is 1.44. The maximum absolute atomic E-state index is 10.5. The van der Waals surface area contributed by atoms with Crippen molar-refractivity contribution in [3.8, 4) is 0 Å². The fraction of sp³-hybridized carbons (Fsp3) is 1.00. The molecule has 0 spiro atoms. The van der Waals surface area contributed by atoms with Crippen LogP contribution in [0.3, 0.4) is 0 Å². The number of hydrogen-bond acceptors (Lipinski definition) is 2. The quantitative estimate of drug-likeness (QED) is 0.458. The molecule has 0 saturated heterocycles. The van der Waals surface area contributed by atoms with Gasteiger partial charge in [0, 0.05) is 8.07 Å². The summed E-state index contributed by atoms with van der Waals surface area (Å²) in [6.07, 6.45) is 0.343. The van der Waals surface area contributed by atoms with E-state index in [2.05, 4.69) is 19.6 Å². The minimum absolute atomic E-state index is 0.343. The molecule has 0 aromatic rings. The average molecular weight is 231 g/mol. The fourth-order valence-corrected chi connectivity index (χ4v) is 2.77. The van der Waals surface area contributed by atoms with Crippen LogP contribution in [-0.4, -0.2) is 25.8 Å². The lowest BCUT2D eigenvalue weighted by atomic mass is 10.6. The Morgan fingerprint density at radius 2 is 1.83 bits per heavy atom. The summed E-state index contributed by atoms with van der Waals surface area (Å²) in [4.78, 5) is 0. The highest BCUT2D eigenvalue weighted by atomic mass is 35.5. The van der Waals surface area contributed by atoms with Gasteiger partial charge in [-0.25, -0.2) is 0 Å². The normalized spacial score (nSPS) is 16.1. The zero-order valence-corrected chi connectivity index (χ0v) is 10.1. The van der Waals surface area contributed by atoms with E-state index >= 15 is 0 Å². The Balaban J connectivity index is 3.98. The summed E-state index contributed by atoms with van der Waals surface area (Å²) >= 11 is 5.45. The van der Waals surface area contributed by atoms with E-state index in [1.807, 2.05) is 0 Å². The van der Waals surface area contributed by atoms with Crippen molar-refractivity contribution in [1.82, 2.24) is 0 Å². The van der Waals surface area contributed by atoms with Crippen molar-refractivity contribution in [2.24, 2.45) is 0 Å². The van der Waals surface area contributed by atoms with Gasteiger partial charge in [-0.05, 0) is 6.42 Å². The molecule has 0 heterocycles. The molecule has 0 aliphatic heterocycles. The van der Waals surface area contributed by atoms with Crippen LogP contribution >= 0.6 is 11.6 Å². The fourth-order valence-electron chi connectivity index (χ4n) is 0.695. The Kier molecular flexibility index (Phi) is 4.23. The molecule has 0 amide bonds. The predicted molar refractivity (Wildman–Crippen MR) is 54.0 cm³/mol. The first-order valence-electron chi connectivity index (χ1n) is 3.73. The maximum atomic E-state index is 10.5. The first kappa shape index (κ1) is 12.4. The van der Waals surface area contributed by atoms with Crippen LogP contribution in [0, 0.1) is 0 Å². The molecule has 0 fully saturated rings. The van der Waals surface area contributed by atoms with Crippen LogP contribution in [0.4, 0.5) is 0 Å². The smallest absolute Gasteiger partial charge is 0.281 e. The van der Waals surface area contributed by atoms with E-state index in [4.69, 9.17) is 16.2 Å². The first-order chi connectivity index (χ1) is 5.13. The summed E-state index contributed by atoms with van der Waals surface area (Å²) in [5, 5.41) is 0. The zero-order valence-electron chi connectivity index (χ0n) is 7.54. The average Bonchev–Trinajstić information content (AvgIpc) is 1.78. The van der Waals surface area contributed by atoms with Crippen molar-refractivity contribution in [1.29, 1.82) is 0 Å². The highest BCUT2D eigenvalue weighted by Crippen LogP contribution is 2.18. The van der Waals surface area contributed by atoms with Gasteiger partial charge in [0.25, 0.3) is 10.1 Å². The molecule has 12 heavy (non-hydrogen) atoms. The van der Waals surface area contributed by atoms with E-state index in [-0.39, 0.29) is 0 Å². The molecule has 3 nitrogen and oxygen atoms in total. The van der Waals surface area contributed by atoms with Crippen molar-refractivity contribution in [2.45, 2.75) is 36.8 Å². The molecule has 1 N–H and O–H groups in total. The summed E-state index contributed by atoms with van der Waals surface area (Å²) < 4.78 is 28.4. The monoisotopic (exact) mass is 230 g/mol. The van der Waals surface area contributed by atoms with Gasteiger partial charge >= 0.3 is 0 Å². The molecule has 6 heteroatoms. The highest BCUT2D eigenvalue weighted by Gasteiger charge is 2.23. The van der Waals surface area contributed by atoms with Gasteiger partial charge in [0.15, 0.2) is 4.71 Å². The molecule has 0 aliphatic rings. The second-order valence-corrected chi connectivity index (χ2v) is 12.0. The molecule has 74 valence electrons. The van der Waals surface area contributed by atoms with Crippen molar-refractivity contribution in [2.75, 3.05) is 0 Å². The van der Waals surface area contributed by atoms with Crippen LogP contribution in [0.25, 0.3) is 0 Å². The van der Waals surface area contributed by atoms with Crippen LogP contribution in [0.2, 0.25) is 25.7 Å². The largest absolute Gasteiger partial charge is 0.284 e. The van der Waals surface area contributed by atoms with Gasteiger partial charge in [-0.1, -0.05) is 25.7 Å². The van der Waals surface area contributed by atoms with E-state index in [1.165, 1.54) is 0 Å². The zero-order chi connectivity index (χ0) is 9.99. The third kappa shape index (κ3) is 5.99. The third-order valence-corrected chi connectivity index (χ3v) is 5.01. The Hall–Kier alpha value is 0.417. The van der Waals surface area contributed by atoms with Crippen molar-refractivity contribution in [3.05, 3.63) is 0 Å². The van der Waals surface area contributed by atoms with Gasteiger partial charge in [-0.2, -0.15) is 8.42 Å². The Bertz CT molecular complexity index is 232. The lowest BCUT2D eigenvalue weighted by Gasteiger charge is -2.16. The molecule has 0 radical (unpaired) electrons. The summed E-state index contributed by atoms with van der Waals surface area (Å²) in [6, 6.07) is 0.807. The maximum Gasteiger partial charge on any atom is 0.281 e. The number of hydrogen-bond donors (Lipinski definition) is 1. The molecule has 0 saturated carbocycles. The van der Waals surface area contributed by atoms with E-state index in [0.717, 1.165) is 6.04 Å². The highest BCUT2D eigenvalue weighted by molar-refractivity contribution is 7.87. The minimum Gasteiger partial charge on any atom is -0.284 e. The Morgan fingerprint density at radius 3 is 2.08 bits per heavy atom. The van der Waals surface area contributed by atoms with Gasteiger partial charge in [0.1, 0.15) is 0 Å². The van der Waals surface area contributed by atoms with Gasteiger partial charge in [-0.3, -0.25) is 4.55 Å². The minimum atomic E-state index is -4.04. The Labute approximate surface area is 79.9 Å². The molecule has 0 aromatic heterocycles. The molecule has 0 bridgehead atoms. The van der Waals surface area contributed by atoms with Gasteiger partial charge in [0.05, 0.1) is 0 Å². The predicted octanol–water partition coefficient (Wildman–Crippen LogP) is 2.17. The number of alkyl halides is 1. The first-order valence-corrected chi connectivity index (χ1v) is 9.38. The SMILES string of the molecule is C[Si](C)(C)CCC(Cl)S(=O)(=O)O. The lowest BCUT2D eigenvalue weighted by Crippen LogP contribution is -2.23. The van der Waals surface area contributed by atoms with Crippen molar-refractivity contribution < 1.29 is 13.0 Å². The molecule has 1 unspecified atom stereocenters. The van der Waals surface area contributed by atoms with E-state index < -0.39 is 22.9 Å². The van der Waals surface area contributed by atoms with E-state index in [9.17, 15) is 8.42 Å². The van der Waals surface area contributed by atoms with Crippen molar-refractivity contribution >= 4 is 29.8 Å². The van der Waals surface area contributed by atoms with Gasteiger partial charge < -0.3 is 0 Å². The van der Waals surface area contributed by atoms with Crippen LogP contribution < -0.4 is 0 Å². The Morgan fingerprint density at radius 1 is 1.42 bits per heavy atom. The summed E-state index contributed by atoms with van der Waals surface area (Å²) in [7, 11) is -5.30. The summed E-state index contributed by atoms with van der Waals surface area (Å²) in [5.41, 5.74) is 0. The molecule has 1 atom stereocenters. The number of rotatable bonds is 4. The topological polar surface area (TPSA) is 54.4 Å². The molecule has 0 aliphatic carbocycles. The molecular weight excluding hydrogens is 216 g/mol. The van der Waals surface area contributed by atoms with Crippen LogP contribution in [-0.2, 0) is 10.1 Å². The number of halogens is 1. The van der Waals surface area contributed by atoms with E-state index in [1.54, 1.807) is 0 Å². The van der Waals surface area contributed by atoms with Gasteiger partial charge in [0.2, 0.25) is 0 Å².